The Morgan fingerprint density at radius 3 is 2.05 bits per heavy atom. The molecule has 2 rings (SSSR count). The van der Waals surface area contributed by atoms with Gasteiger partial charge in [-0.1, -0.05) is 73.5 Å². The zero-order valence-electron chi connectivity index (χ0n) is 13.0. The zero-order chi connectivity index (χ0) is 14.5. The van der Waals surface area contributed by atoms with Gasteiger partial charge in [-0.25, -0.2) is 0 Å². The van der Waals surface area contributed by atoms with Gasteiger partial charge >= 0.3 is 0 Å². The lowest BCUT2D eigenvalue weighted by Gasteiger charge is -2.26. The second kappa shape index (κ2) is 6.71. The maximum Gasteiger partial charge on any atom is 0.0386 e. The molecular weight excluding hydrogens is 242 g/mol. The molecule has 0 heterocycles. The predicted molar refractivity (Wildman–Crippen MR) is 87.2 cm³/mol. The molecule has 0 aliphatic heterocycles. The average molecular weight is 267 g/mol. The van der Waals surface area contributed by atoms with Crippen LogP contribution in [0.3, 0.4) is 0 Å². The van der Waals surface area contributed by atoms with E-state index in [9.17, 15) is 0 Å². The van der Waals surface area contributed by atoms with Crippen molar-refractivity contribution >= 4 is 0 Å². The summed E-state index contributed by atoms with van der Waals surface area (Å²) in [4.78, 5) is 0. The first-order chi connectivity index (χ1) is 9.61. The molecule has 2 aromatic rings. The highest BCUT2D eigenvalue weighted by molar-refractivity contribution is 5.33. The molecule has 1 heteroatoms. The Kier molecular flexibility index (Phi) is 4.97. The van der Waals surface area contributed by atoms with Crippen molar-refractivity contribution in [1.82, 2.24) is 5.32 Å². The Bertz CT molecular complexity index is 525. The van der Waals surface area contributed by atoms with E-state index < -0.39 is 0 Å². The summed E-state index contributed by atoms with van der Waals surface area (Å²) >= 11 is 0. The molecule has 0 fully saturated rings. The molecule has 1 nitrogen and oxygen atoms in total. The van der Waals surface area contributed by atoms with E-state index >= 15 is 0 Å². The van der Waals surface area contributed by atoms with Crippen molar-refractivity contribution in [2.24, 2.45) is 0 Å². The van der Waals surface area contributed by atoms with Crippen molar-refractivity contribution in [2.75, 3.05) is 6.54 Å². The van der Waals surface area contributed by atoms with Crippen molar-refractivity contribution in [3.63, 3.8) is 0 Å². The number of hydrogen-bond acceptors (Lipinski definition) is 1. The summed E-state index contributed by atoms with van der Waals surface area (Å²) in [6.07, 6.45) is 0. The standard InChI is InChI=1S/C19H25N/c1-5-20-19(16(4)17-9-7-6-8-10-17)18-12-14(2)11-15(3)13-18/h6-13,16,19-20H,5H2,1-4H3. The molecule has 2 atom stereocenters. The molecule has 0 saturated carbocycles. The quantitative estimate of drug-likeness (QED) is 0.823. The second-order valence-corrected chi connectivity index (χ2v) is 5.66. The van der Waals surface area contributed by atoms with Crippen LogP contribution < -0.4 is 5.32 Å². The van der Waals surface area contributed by atoms with Crippen LogP contribution in [0.1, 0.15) is 48.1 Å². The molecule has 0 amide bonds. The van der Waals surface area contributed by atoms with Gasteiger partial charge in [0.05, 0.1) is 0 Å². The van der Waals surface area contributed by atoms with Gasteiger partial charge in [0.1, 0.15) is 0 Å². The Balaban J connectivity index is 2.35. The minimum absolute atomic E-state index is 0.362. The average Bonchev–Trinajstić information content (AvgIpc) is 2.44. The summed E-state index contributed by atoms with van der Waals surface area (Å²) in [6.45, 7) is 9.81. The van der Waals surface area contributed by atoms with E-state index in [1.807, 2.05) is 0 Å². The first-order valence-corrected chi connectivity index (χ1v) is 7.48. The van der Waals surface area contributed by atoms with E-state index in [4.69, 9.17) is 0 Å². The van der Waals surface area contributed by atoms with Crippen LogP contribution >= 0.6 is 0 Å². The van der Waals surface area contributed by atoms with Gasteiger partial charge in [0, 0.05) is 12.0 Å². The van der Waals surface area contributed by atoms with Crippen LogP contribution in [0.5, 0.6) is 0 Å². The minimum atomic E-state index is 0.362. The van der Waals surface area contributed by atoms with Gasteiger partial charge in [-0.15, -0.1) is 0 Å². The lowest BCUT2D eigenvalue weighted by atomic mass is 9.87. The van der Waals surface area contributed by atoms with Crippen LogP contribution in [0.25, 0.3) is 0 Å². The Morgan fingerprint density at radius 1 is 0.900 bits per heavy atom. The summed E-state index contributed by atoms with van der Waals surface area (Å²) in [5, 5.41) is 3.65. The Labute approximate surface area is 123 Å². The number of benzene rings is 2. The predicted octanol–water partition coefficient (Wildman–Crippen LogP) is 4.76. The minimum Gasteiger partial charge on any atom is -0.310 e. The number of likely N-dealkylation sites (N-methyl/N-ethyl adjacent to an activating group) is 1. The van der Waals surface area contributed by atoms with Crippen molar-refractivity contribution in [3.05, 3.63) is 70.8 Å². The van der Waals surface area contributed by atoms with Gasteiger partial charge in [-0.3, -0.25) is 0 Å². The molecule has 2 unspecified atom stereocenters. The smallest absolute Gasteiger partial charge is 0.0386 e. The summed E-state index contributed by atoms with van der Waals surface area (Å²) in [5.41, 5.74) is 5.45. The summed E-state index contributed by atoms with van der Waals surface area (Å²) in [6, 6.07) is 18.0. The van der Waals surface area contributed by atoms with E-state index in [1.54, 1.807) is 0 Å². The van der Waals surface area contributed by atoms with Crippen LogP contribution in [0.15, 0.2) is 48.5 Å². The van der Waals surface area contributed by atoms with Crippen molar-refractivity contribution in [3.8, 4) is 0 Å². The lowest BCUT2D eigenvalue weighted by Crippen LogP contribution is -2.26. The molecule has 0 spiro atoms. The van der Waals surface area contributed by atoms with Gasteiger partial charge in [-0.05, 0) is 31.5 Å². The van der Waals surface area contributed by atoms with E-state index in [0.717, 1.165) is 6.54 Å². The second-order valence-electron chi connectivity index (χ2n) is 5.66. The Hall–Kier alpha value is -1.60. The van der Waals surface area contributed by atoms with E-state index in [2.05, 4.69) is 81.5 Å². The summed E-state index contributed by atoms with van der Waals surface area (Å²) in [7, 11) is 0. The van der Waals surface area contributed by atoms with Gasteiger partial charge in [0.15, 0.2) is 0 Å². The third kappa shape index (κ3) is 3.49. The molecule has 0 aromatic heterocycles. The molecule has 0 aliphatic rings. The fraction of sp³-hybridized carbons (Fsp3) is 0.368. The molecule has 0 saturated heterocycles. The van der Waals surface area contributed by atoms with Gasteiger partial charge in [-0.2, -0.15) is 0 Å². The monoisotopic (exact) mass is 267 g/mol. The SMILES string of the molecule is CCNC(c1cc(C)cc(C)c1)C(C)c1ccccc1. The fourth-order valence-electron chi connectivity index (χ4n) is 2.94. The lowest BCUT2D eigenvalue weighted by molar-refractivity contribution is 0.479. The third-order valence-electron chi connectivity index (χ3n) is 3.85. The van der Waals surface area contributed by atoms with E-state index in [1.165, 1.54) is 22.3 Å². The fourth-order valence-corrected chi connectivity index (χ4v) is 2.94. The maximum atomic E-state index is 3.65. The molecule has 106 valence electrons. The first kappa shape index (κ1) is 14.8. The molecular formula is C19H25N. The number of aryl methyl sites for hydroxylation is 2. The first-order valence-electron chi connectivity index (χ1n) is 7.48. The molecule has 0 bridgehead atoms. The van der Waals surface area contributed by atoms with Gasteiger partial charge < -0.3 is 5.32 Å². The topological polar surface area (TPSA) is 12.0 Å². The third-order valence-corrected chi connectivity index (χ3v) is 3.85. The highest BCUT2D eigenvalue weighted by Gasteiger charge is 2.20. The largest absolute Gasteiger partial charge is 0.310 e. The van der Waals surface area contributed by atoms with Crippen molar-refractivity contribution in [2.45, 2.75) is 39.7 Å². The van der Waals surface area contributed by atoms with Crippen LogP contribution in [0, 0.1) is 13.8 Å². The molecule has 1 N–H and O–H groups in total. The van der Waals surface area contributed by atoms with Gasteiger partial charge in [0.25, 0.3) is 0 Å². The molecule has 20 heavy (non-hydrogen) atoms. The highest BCUT2D eigenvalue weighted by Crippen LogP contribution is 2.31. The van der Waals surface area contributed by atoms with E-state index in [-0.39, 0.29) is 0 Å². The van der Waals surface area contributed by atoms with Crippen molar-refractivity contribution in [1.29, 1.82) is 0 Å². The molecule has 0 aliphatic carbocycles. The van der Waals surface area contributed by atoms with Gasteiger partial charge in [0.2, 0.25) is 0 Å². The van der Waals surface area contributed by atoms with Crippen LogP contribution in [-0.4, -0.2) is 6.54 Å². The van der Waals surface area contributed by atoms with E-state index in [0.29, 0.717) is 12.0 Å². The van der Waals surface area contributed by atoms with Crippen molar-refractivity contribution < 1.29 is 0 Å². The van der Waals surface area contributed by atoms with Crippen LogP contribution in [0.4, 0.5) is 0 Å². The maximum absolute atomic E-state index is 3.65. The normalized spacial score (nSPS) is 14.0. The summed E-state index contributed by atoms with van der Waals surface area (Å²) in [5.74, 6) is 0.456. The Morgan fingerprint density at radius 2 is 1.50 bits per heavy atom. The number of rotatable bonds is 5. The van der Waals surface area contributed by atoms with Crippen LogP contribution in [-0.2, 0) is 0 Å². The summed E-state index contributed by atoms with van der Waals surface area (Å²) < 4.78 is 0. The highest BCUT2D eigenvalue weighted by atomic mass is 14.9. The number of hydrogen-bond donors (Lipinski definition) is 1. The van der Waals surface area contributed by atoms with Crippen LogP contribution in [0.2, 0.25) is 0 Å². The zero-order valence-corrected chi connectivity index (χ0v) is 13.0. The molecule has 2 aromatic carbocycles. The number of nitrogens with one attached hydrogen (secondary N) is 1. The molecule has 0 radical (unpaired) electrons.